The summed E-state index contributed by atoms with van der Waals surface area (Å²) in [5.41, 5.74) is 5.45. The molecule has 2 N–H and O–H groups in total. The molecule has 0 saturated carbocycles. The van der Waals surface area contributed by atoms with Crippen LogP contribution in [0.25, 0.3) is 0 Å². The van der Waals surface area contributed by atoms with Gasteiger partial charge in [-0.1, -0.05) is 0 Å². The molecule has 4 nitrogen and oxygen atoms in total. The highest BCUT2D eigenvalue weighted by Crippen LogP contribution is 2.22. The van der Waals surface area contributed by atoms with E-state index in [-0.39, 0.29) is 24.5 Å². The van der Waals surface area contributed by atoms with Crippen LogP contribution < -0.4 is 5.73 Å². The van der Waals surface area contributed by atoms with Crippen LogP contribution in [0.3, 0.4) is 0 Å². The number of hydrogen-bond acceptors (Lipinski definition) is 3. The van der Waals surface area contributed by atoms with Gasteiger partial charge in [0.2, 0.25) is 10.0 Å². The summed E-state index contributed by atoms with van der Waals surface area (Å²) >= 11 is 0. The molecule has 0 amide bonds. The Morgan fingerprint density at radius 3 is 2.32 bits per heavy atom. The predicted molar refractivity (Wildman–Crippen MR) is 71.8 cm³/mol. The number of nitrogens with zero attached hydrogens (tertiary/aromatic N) is 1. The molecule has 0 bridgehead atoms. The van der Waals surface area contributed by atoms with Gasteiger partial charge in [-0.2, -0.15) is 4.31 Å². The van der Waals surface area contributed by atoms with Crippen LogP contribution in [0.15, 0.2) is 17.0 Å². The first-order valence-corrected chi connectivity index (χ1v) is 6.79. The smallest absolute Gasteiger partial charge is 0.246 e. The Kier molecular flexibility index (Phi) is 6.34. The molecule has 1 aromatic rings. The van der Waals surface area contributed by atoms with Crippen LogP contribution in [0.4, 0.5) is 8.78 Å². The number of hydrogen-bond donors (Lipinski definition) is 1. The van der Waals surface area contributed by atoms with Crippen LogP contribution in [0, 0.1) is 18.6 Å². The molecule has 0 heterocycles. The lowest BCUT2D eigenvalue weighted by molar-refractivity contribution is 0.391. The van der Waals surface area contributed by atoms with Crippen LogP contribution in [0.1, 0.15) is 12.5 Å². The van der Waals surface area contributed by atoms with E-state index in [2.05, 4.69) is 0 Å². The Morgan fingerprint density at radius 2 is 1.84 bits per heavy atom. The molecule has 0 spiro atoms. The van der Waals surface area contributed by atoms with Crippen molar-refractivity contribution in [3.8, 4) is 0 Å². The van der Waals surface area contributed by atoms with Gasteiger partial charge in [0.1, 0.15) is 16.5 Å². The molecule has 1 atom stereocenters. The minimum atomic E-state index is -4.01. The van der Waals surface area contributed by atoms with E-state index >= 15 is 0 Å². The second-order valence-corrected chi connectivity index (χ2v) is 6.10. The quantitative estimate of drug-likeness (QED) is 0.919. The Labute approximate surface area is 118 Å². The third-order valence-corrected chi connectivity index (χ3v) is 4.82. The first kappa shape index (κ1) is 18.2. The molecule has 0 aliphatic heterocycles. The van der Waals surface area contributed by atoms with Crippen LogP contribution in [-0.4, -0.2) is 32.4 Å². The Hall–Kier alpha value is -0.760. The molecule has 1 rings (SSSR count). The van der Waals surface area contributed by atoms with Crippen LogP contribution >= 0.6 is 12.4 Å². The highest BCUT2D eigenvalue weighted by atomic mass is 35.5. The first-order valence-electron chi connectivity index (χ1n) is 5.35. The monoisotopic (exact) mass is 314 g/mol. The molecule has 8 heteroatoms. The van der Waals surface area contributed by atoms with Gasteiger partial charge in [-0.3, -0.25) is 0 Å². The maximum absolute atomic E-state index is 13.6. The van der Waals surface area contributed by atoms with E-state index in [9.17, 15) is 17.2 Å². The molecule has 0 saturated heterocycles. The molecule has 1 unspecified atom stereocenters. The van der Waals surface area contributed by atoms with Gasteiger partial charge in [-0.15, -0.1) is 12.4 Å². The summed E-state index contributed by atoms with van der Waals surface area (Å²) in [5.74, 6) is -1.88. The van der Waals surface area contributed by atoms with Gasteiger partial charge in [-0.05, 0) is 25.5 Å². The standard InChI is InChI=1S/C11H16F2N2O2S.ClH/c1-7-4-11(10(13)5-9(7)12)18(16,17)15(3)8(2)6-14;/h4-5,8H,6,14H2,1-3H3;1H. The van der Waals surface area contributed by atoms with Crippen molar-refractivity contribution < 1.29 is 17.2 Å². The van der Waals surface area contributed by atoms with E-state index in [1.807, 2.05) is 0 Å². The number of sulfonamides is 1. The number of likely N-dealkylation sites (N-methyl/N-ethyl adjacent to an activating group) is 1. The van der Waals surface area contributed by atoms with Gasteiger partial charge < -0.3 is 5.73 Å². The maximum Gasteiger partial charge on any atom is 0.246 e. The molecule has 110 valence electrons. The summed E-state index contributed by atoms with van der Waals surface area (Å²) in [7, 11) is -2.70. The third kappa shape index (κ3) is 3.62. The van der Waals surface area contributed by atoms with E-state index in [0.29, 0.717) is 6.07 Å². The predicted octanol–water partition coefficient (Wildman–Crippen LogP) is 1.66. The second kappa shape index (κ2) is 6.60. The average molecular weight is 315 g/mol. The van der Waals surface area contributed by atoms with E-state index < -0.39 is 32.6 Å². The minimum absolute atomic E-state index is 0. The lowest BCUT2D eigenvalue weighted by atomic mass is 10.2. The van der Waals surface area contributed by atoms with Crippen molar-refractivity contribution in [2.45, 2.75) is 24.8 Å². The summed E-state index contributed by atoms with van der Waals surface area (Å²) in [5, 5.41) is 0. The van der Waals surface area contributed by atoms with Crippen LogP contribution in [0.2, 0.25) is 0 Å². The Bertz CT molecular complexity index is 552. The van der Waals surface area contributed by atoms with E-state index in [0.717, 1.165) is 10.4 Å². The molecule has 0 fully saturated rings. The van der Waals surface area contributed by atoms with E-state index in [1.54, 1.807) is 6.92 Å². The Morgan fingerprint density at radius 1 is 1.32 bits per heavy atom. The zero-order valence-electron chi connectivity index (χ0n) is 10.9. The van der Waals surface area contributed by atoms with Gasteiger partial charge in [0.05, 0.1) is 0 Å². The van der Waals surface area contributed by atoms with Gasteiger partial charge in [0.15, 0.2) is 0 Å². The fourth-order valence-corrected chi connectivity index (χ4v) is 2.87. The third-order valence-electron chi connectivity index (χ3n) is 2.83. The minimum Gasteiger partial charge on any atom is -0.329 e. The van der Waals surface area contributed by atoms with Crippen LogP contribution in [0.5, 0.6) is 0 Å². The highest BCUT2D eigenvalue weighted by molar-refractivity contribution is 7.89. The second-order valence-electron chi connectivity index (χ2n) is 4.14. The molecule has 0 aliphatic carbocycles. The number of rotatable bonds is 4. The normalized spacial score (nSPS) is 13.2. The van der Waals surface area contributed by atoms with Gasteiger partial charge in [-0.25, -0.2) is 17.2 Å². The summed E-state index contributed by atoms with van der Waals surface area (Å²) in [4.78, 5) is -0.538. The number of aryl methyl sites for hydroxylation is 1. The number of benzene rings is 1. The highest BCUT2D eigenvalue weighted by Gasteiger charge is 2.28. The van der Waals surface area contributed by atoms with Crippen molar-refractivity contribution >= 4 is 22.4 Å². The van der Waals surface area contributed by atoms with E-state index in [1.165, 1.54) is 14.0 Å². The molecule has 0 aromatic heterocycles. The number of nitrogens with two attached hydrogens (primary N) is 1. The van der Waals surface area contributed by atoms with Gasteiger partial charge in [0, 0.05) is 25.7 Å². The lowest BCUT2D eigenvalue weighted by Gasteiger charge is -2.23. The fourth-order valence-electron chi connectivity index (χ4n) is 1.37. The van der Waals surface area contributed by atoms with Gasteiger partial charge >= 0.3 is 0 Å². The zero-order chi connectivity index (χ0) is 14.1. The van der Waals surface area contributed by atoms with Crippen molar-refractivity contribution in [2.24, 2.45) is 5.73 Å². The van der Waals surface area contributed by atoms with Crippen molar-refractivity contribution in [1.29, 1.82) is 0 Å². The molecule has 0 radical (unpaired) electrons. The summed E-state index contributed by atoms with van der Waals surface area (Å²) in [6.45, 7) is 3.09. The van der Waals surface area contributed by atoms with Crippen molar-refractivity contribution in [2.75, 3.05) is 13.6 Å². The topological polar surface area (TPSA) is 63.4 Å². The lowest BCUT2D eigenvalue weighted by Crippen LogP contribution is -2.40. The summed E-state index contributed by atoms with van der Waals surface area (Å²) < 4.78 is 51.9. The average Bonchev–Trinajstić information content (AvgIpc) is 2.31. The zero-order valence-corrected chi connectivity index (χ0v) is 12.5. The first-order chi connectivity index (χ1) is 8.21. The SMILES string of the molecule is Cc1cc(S(=O)(=O)N(C)C(C)CN)c(F)cc1F.Cl. The molecule has 0 aliphatic rings. The summed E-state index contributed by atoms with van der Waals surface area (Å²) in [6, 6.07) is 1.09. The molecule has 19 heavy (non-hydrogen) atoms. The fraction of sp³-hybridized carbons (Fsp3) is 0.455. The number of halogens is 3. The van der Waals surface area contributed by atoms with Crippen molar-refractivity contribution in [3.63, 3.8) is 0 Å². The molecular weight excluding hydrogens is 298 g/mol. The van der Waals surface area contributed by atoms with Crippen molar-refractivity contribution in [3.05, 3.63) is 29.3 Å². The Balaban J connectivity index is 0.00000324. The van der Waals surface area contributed by atoms with Gasteiger partial charge in [0.25, 0.3) is 0 Å². The summed E-state index contributed by atoms with van der Waals surface area (Å²) in [6.07, 6.45) is 0. The molecular formula is C11H17ClF2N2O2S. The van der Waals surface area contributed by atoms with Crippen LogP contribution in [-0.2, 0) is 10.0 Å². The molecule has 1 aromatic carbocycles. The maximum atomic E-state index is 13.6. The van der Waals surface area contributed by atoms with Crippen molar-refractivity contribution in [1.82, 2.24) is 4.31 Å². The largest absolute Gasteiger partial charge is 0.329 e. The van der Waals surface area contributed by atoms with E-state index in [4.69, 9.17) is 5.73 Å².